The second-order valence-electron chi connectivity index (χ2n) is 11.8. The maximum absolute atomic E-state index is 13.2. The van der Waals surface area contributed by atoms with Crippen molar-refractivity contribution < 1.29 is 25.6 Å². The van der Waals surface area contributed by atoms with Crippen LogP contribution in [0.3, 0.4) is 0 Å². The number of hydrogen-bond donors (Lipinski definition) is 4. The minimum absolute atomic E-state index is 0.00760. The van der Waals surface area contributed by atoms with E-state index in [9.17, 15) is 25.6 Å². The molecule has 17 heteroatoms. The van der Waals surface area contributed by atoms with Gasteiger partial charge in [-0.2, -0.15) is 0 Å². The molecule has 5 N–H and O–H groups in total. The van der Waals surface area contributed by atoms with Crippen LogP contribution in [0.2, 0.25) is 5.15 Å². The normalized spacial score (nSPS) is 11.1. The van der Waals surface area contributed by atoms with Gasteiger partial charge in [0.25, 0.3) is 20.0 Å². The van der Waals surface area contributed by atoms with E-state index in [4.69, 9.17) is 17.3 Å². The summed E-state index contributed by atoms with van der Waals surface area (Å²) in [6.45, 7) is 0. The molecule has 2 aromatic heterocycles. The van der Waals surface area contributed by atoms with Gasteiger partial charge in [0.1, 0.15) is 11.6 Å². The highest BCUT2D eigenvalue weighted by atomic mass is 35.5. The van der Waals surface area contributed by atoms with Crippen LogP contribution < -0.4 is 20.5 Å². The predicted octanol–water partition coefficient (Wildman–Crippen LogP) is 8.81. The summed E-state index contributed by atoms with van der Waals surface area (Å²) in [5.41, 5.74) is 8.69. The summed E-state index contributed by atoms with van der Waals surface area (Å²) < 4.78 is 80.0. The number of sulfonamides is 2. The lowest BCUT2D eigenvalue weighted by atomic mass is 10.3. The Labute approximate surface area is 331 Å². The maximum atomic E-state index is 13.2. The van der Waals surface area contributed by atoms with E-state index >= 15 is 0 Å². The monoisotopic (exact) mass is 824 g/mol. The van der Waals surface area contributed by atoms with Crippen molar-refractivity contribution in [1.29, 1.82) is 0 Å². The van der Waals surface area contributed by atoms with Crippen LogP contribution in [-0.2, 0) is 20.0 Å². The molecule has 0 aliphatic carbocycles. The average Bonchev–Trinajstić information content (AvgIpc) is 3.21. The minimum Gasteiger partial charge on any atom is -0.399 e. The van der Waals surface area contributed by atoms with Crippen LogP contribution in [0.5, 0.6) is 0 Å². The van der Waals surface area contributed by atoms with Crippen LogP contribution in [0.15, 0.2) is 168 Å². The van der Waals surface area contributed by atoms with Crippen molar-refractivity contribution in [3.05, 3.63) is 175 Å². The van der Waals surface area contributed by atoms with Gasteiger partial charge in [-0.05, 0) is 97.1 Å². The number of para-hydroxylation sites is 4. The number of nitrogens with zero attached hydrogens (tertiary/aromatic N) is 4. The van der Waals surface area contributed by atoms with Crippen molar-refractivity contribution in [1.82, 2.24) is 19.9 Å². The first-order chi connectivity index (χ1) is 27.4. The standard InChI is InChI=1S/C20H15FN4O2S.C14H10ClN3O2S.C6H6FN/c21-14-10-12-15(13-11-14)22-19-20(24-18-9-5-4-8-17(18)23-19)25-28(26,27)16-6-2-1-3-7-16;15-13-14(17-12-9-5-4-8-11(12)16-13)18-21(19,20)10-6-2-1-3-7-10;7-5-1-3-6(8)4-2-5/h1-13H,(H,22,23)(H,24,25);1-9H,(H,17,18);1-4H,8H2. The van der Waals surface area contributed by atoms with Gasteiger partial charge in [-0.3, -0.25) is 9.44 Å². The van der Waals surface area contributed by atoms with E-state index in [1.54, 1.807) is 78.9 Å². The zero-order chi connectivity index (χ0) is 40.4. The number of benzene rings is 6. The van der Waals surface area contributed by atoms with Crippen molar-refractivity contribution in [2.24, 2.45) is 0 Å². The predicted molar refractivity (Wildman–Crippen MR) is 219 cm³/mol. The molecule has 0 amide bonds. The summed E-state index contributed by atoms with van der Waals surface area (Å²) in [6.07, 6.45) is 0. The smallest absolute Gasteiger partial charge is 0.263 e. The third-order valence-electron chi connectivity index (χ3n) is 7.64. The highest BCUT2D eigenvalue weighted by Gasteiger charge is 2.19. The number of hydrogen-bond acceptors (Lipinski definition) is 10. The van der Waals surface area contributed by atoms with Gasteiger partial charge < -0.3 is 11.1 Å². The fourth-order valence-corrected chi connectivity index (χ4v) is 7.20. The molecular formula is C40H31ClF2N8O4S2. The van der Waals surface area contributed by atoms with Gasteiger partial charge in [-0.1, -0.05) is 72.3 Å². The molecule has 2 heterocycles. The summed E-state index contributed by atoms with van der Waals surface area (Å²) in [5, 5.41) is 3.01. The van der Waals surface area contributed by atoms with E-state index in [2.05, 4.69) is 34.7 Å². The molecule has 0 saturated heterocycles. The summed E-state index contributed by atoms with van der Waals surface area (Å²) in [4.78, 5) is 17.5. The number of nitrogens with two attached hydrogens (primary N) is 1. The Kier molecular flexibility index (Phi) is 12.5. The van der Waals surface area contributed by atoms with E-state index in [0.717, 1.165) is 0 Å². The Hall–Kier alpha value is -6.75. The van der Waals surface area contributed by atoms with E-state index in [-0.39, 0.29) is 44.0 Å². The lowest BCUT2D eigenvalue weighted by Crippen LogP contribution is -2.16. The number of anilines is 5. The number of fused-ring (bicyclic) bond motifs is 2. The molecule has 0 fully saturated rings. The number of nitrogen functional groups attached to an aromatic ring is 1. The molecule has 57 heavy (non-hydrogen) atoms. The summed E-state index contributed by atoms with van der Waals surface area (Å²) in [5.74, 6) is -0.352. The Bertz CT molecular complexity index is 2830. The molecular weight excluding hydrogens is 794 g/mol. The molecule has 12 nitrogen and oxygen atoms in total. The molecule has 6 aromatic carbocycles. The number of rotatable bonds is 8. The molecule has 0 aliphatic rings. The lowest BCUT2D eigenvalue weighted by Gasteiger charge is -2.14. The molecule has 0 atom stereocenters. The Balaban J connectivity index is 0.000000166. The van der Waals surface area contributed by atoms with Crippen LogP contribution in [0.25, 0.3) is 22.1 Å². The third-order valence-corrected chi connectivity index (χ3v) is 10.6. The van der Waals surface area contributed by atoms with E-state index in [1.165, 1.54) is 72.8 Å². The first-order valence-corrected chi connectivity index (χ1v) is 20.1. The summed E-state index contributed by atoms with van der Waals surface area (Å²) >= 11 is 6.00. The Morgan fingerprint density at radius 2 is 0.825 bits per heavy atom. The number of halogens is 3. The highest BCUT2D eigenvalue weighted by molar-refractivity contribution is 7.93. The van der Waals surface area contributed by atoms with Gasteiger partial charge in [0, 0.05) is 11.4 Å². The fraction of sp³-hybridized carbons (Fsp3) is 0. The fourth-order valence-electron chi connectivity index (χ4n) is 4.91. The third kappa shape index (κ3) is 10.7. The lowest BCUT2D eigenvalue weighted by molar-refractivity contribution is 0.599. The molecule has 0 aliphatic heterocycles. The van der Waals surface area contributed by atoms with Gasteiger partial charge in [0.15, 0.2) is 22.6 Å². The molecule has 0 unspecified atom stereocenters. The average molecular weight is 825 g/mol. The topological polar surface area (TPSA) is 182 Å². The van der Waals surface area contributed by atoms with Gasteiger partial charge in [0.2, 0.25) is 0 Å². The SMILES string of the molecule is Nc1ccc(F)cc1.O=S(=O)(Nc1nc2ccccc2nc1Cl)c1ccccc1.O=S(=O)(Nc1nc2ccccc2nc1Nc1ccc(F)cc1)c1ccccc1. The quantitative estimate of drug-likeness (QED) is 0.108. The minimum atomic E-state index is -3.86. The molecule has 288 valence electrons. The Morgan fingerprint density at radius 1 is 0.456 bits per heavy atom. The number of aromatic nitrogens is 4. The Morgan fingerprint density at radius 3 is 1.28 bits per heavy atom. The highest BCUT2D eigenvalue weighted by Crippen LogP contribution is 2.28. The zero-order valence-electron chi connectivity index (χ0n) is 29.5. The first kappa shape index (κ1) is 39.9. The van der Waals surface area contributed by atoms with Crippen LogP contribution in [0.1, 0.15) is 0 Å². The van der Waals surface area contributed by atoms with E-state index in [0.29, 0.717) is 33.4 Å². The van der Waals surface area contributed by atoms with Crippen molar-refractivity contribution in [3.8, 4) is 0 Å². The summed E-state index contributed by atoms with van der Waals surface area (Å²) in [6, 6.07) is 41.5. The second kappa shape index (κ2) is 17.8. The van der Waals surface area contributed by atoms with Crippen LogP contribution in [0.4, 0.5) is 37.6 Å². The summed E-state index contributed by atoms with van der Waals surface area (Å²) in [7, 11) is -7.60. The van der Waals surface area contributed by atoms with Gasteiger partial charge in [0.05, 0.1) is 31.9 Å². The van der Waals surface area contributed by atoms with Crippen molar-refractivity contribution >= 4 is 82.5 Å². The first-order valence-electron chi connectivity index (χ1n) is 16.7. The number of nitrogens with one attached hydrogen (secondary N) is 3. The molecule has 0 spiro atoms. The van der Waals surface area contributed by atoms with Crippen LogP contribution >= 0.6 is 11.6 Å². The maximum Gasteiger partial charge on any atom is 0.263 e. The zero-order valence-corrected chi connectivity index (χ0v) is 31.8. The molecule has 0 bridgehead atoms. The molecule has 8 aromatic rings. The van der Waals surface area contributed by atoms with Crippen molar-refractivity contribution in [2.45, 2.75) is 9.79 Å². The van der Waals surface area contributed by atoms with Crippen LogP contribution in [0, 0.1) is 11.6 Å². The van der Waals surface area contributed by atoms with Crippen molar-refractivity contribution in [2.75, 3.05) is 20.5 Å². The molecule has 0 saturated carbocycles. The molecule has 8 rings (SSSR count). The van der Waals surface area contributed by atoms with Gasteiger partial charge in [-0.25, -0.2) is 45.6 Å². The van der Waals surface area contributed by atoms with E-state index in [1.807, 2.05) is 6.07 Å². The largest absolute Gasteiger partial charge is 0.399 e. The molecule has 0 radical (unpaired) electrons. The second-order valence-corrected chi connectivity index (χ2v) is 15.5. The van der Waals surface area contributed by atoms with E-state index < -0.39 is 20.0 Å². The van der Waals surface area contributed by atoms with Crippen molar-refractivity contribution in [3.63, 3.8) is 0 Å². The van der Waals surface area contributed by atoms with Gasteiger partial charge in [-0.15, -0.1) is 0 Å². The van der Waals surface area contributed by atoms with Gasteiger partial charge >= 0.3 is 0 Å². The van der Waals surface area contributed by atoms with Crippen LogP contribution in [-0.4, -0.2) is 36.8 Å².